The number of aryl methyl sites for hydroxylation is 1. The summed E-state index contributed by atoms with van der Waals surface area (Å²) in [6.45, 7) is 2.72. The third kappa shape index (κ3) is 3.46. The molecule has 6 heteroatoms. The first kappa shape index (κ1) is 16.1. The number of aromatic nitrogens is 1. The van der Waals surface area contributed by atoms with E-state index in [1.807, 2.05) is 0 Å². The Balaban J connectivity index is 1.96. The number of alkyl halides is 2. The summed E-state index contributed by atoms with van der Waals surface area (Å²) in [5.41, 5.74) is 2.06. The summed E-state index contributed by atoms with van der Waals surface area (Å²) >= 11 is 0. The highest BCUT2D eigenvalue weighted by molar-refractivity contribution is 5.93. The van der Waals surface area contributed by atoms with E-state index in [1.165, 1.54) is 0 Å². The average molecular weight is 324 g/mol. The fourth-order valence-corrected chi connectivity index (χ4v) is 3.51. The van der Waals surface area contributed by atoms with Crippen LogP contribution in [0.2, 0.25) is 0 Å². The standard InChI is InChI=1S/C17H22F2N2O2/c1-11-3-4-14-12(9-11)10-13(16(22)23)15(20-14)21-7-2-5-17(18,19)6-8-21/h10-11H,2-9H2,1H3,(H,22,23). The molecule has 2 aliphatic rings. The number of carboxylic acids is 1. The lowest BCUT2D eigenvalue weighted by atomic mass is 9.87. The van der Waals surface area contributed by atoms with Crippen molar-refractivity contribution in [1.29, 1.82) is 0 Å². The topological polar surface area (TPSA) is 53.4 Å². The van der Waals surface area contributed by atoms with Gasteiger partial charge in [-0.15, -0.1) is 0 Å². The maximum absolute atomic E-state index is 13.6. The second-order valence-electron chi connectivity index (χ2n) is 6.82. The maximum atomic E-state index is 13.6. The highest BCUT2D eigenvalue weighted by atomic mass is 19.3. The van der Waals surface area contributed by atoms with E-state index in [9.17, 15) is 18.7 Å². The Hall–Kier alpha value is -1.72. The number of fused-ring (bicyclic) bond motifs is 1. The number of hydrogen-bond donors (Lipinski definition) is 1. The van der Waals surface area contributed by atoms with Gasteiger partial charge < -0.3 is 10.0 Å². The van der Waals surface area contributed by atoms with E-state index in [0.717, 1.165) is 30.5 Å². The fourth-order valence-electron chi connectivity index (χ4n) is 3.51. The molecule has 1 saturated heterocycles. The number of carboxylic acid groups (broad SMARTS) is 1. The molecule has 1 fully saturated rings. The van der Waals surface area contributed by atoms with Gasteiger partial charge in [-0.1, -0.05) is 6.92 Å². The van der Waals surface area contributed by atoms with Gasteiger partial charge in [0.05, 0.1) is 0 Å². The normalized spacial score (nSPS) is 24.0. The van der Waals surface area contributed by atoms with Crippen molar-refractivity contribution < 1.29 is 18.7 Å². The molecular weight excluding hydrogens is 302 g/mol. The smallest absolute Gasteiger partial charge is 0.339 e. The predicted octanol–water partition coefficient (Wildman–Crippen LogP) is 3.53. The Morgan fingerprint density at radius 1 is 1.39 bits per heavy atom. The summed E-state index contributed by atoms with van der Waals surface area (Å²) in [6, 6.07) is 1.71. The first-order valence-electron chi connectivity index (χ1n) is 8.24. The molecule has 0 spiro atoms. The van der Waals surface area contributed by atoms with E-state index in [-0.39, 0.29) is 24.9 Å². The second-order valence-corrected chi connectivity index (χ2v) is 6.82. The van der Waals surface area contributed by atoms with Crippen LogP contribution in [0.15, 0.2) is 6.07 Å². The fraction of sp³-hybridized carbons (Fsp3) is 0.647. The van der Waals surface area contributed by atoms with Crippen LogP contribution in [0.1, 0.15) is 54.2 Å². The van der Waals surface area contributed by atoms with Crippen LogP contribution in [0.5, 0.6) is 0 Å². The van der Waals surface area contributed by atoms with E-state index < -0.39 is 11.9 Å². The lowest BCUT2D eigenvalue weighted by Crippen LogP contribution is -2.29. The van der Waals surface area contributed by atoms with E-state index >= 15 is 0 Å². The van der Waals surface area contributed by atoms with Crippen molar-refractivity contribution in [2.45, 2.75) is 51.4 Å². The minimum Gasteiger partial charge on any atom is -0.478 e. The molecule has 0 aromatic carbocycles. The first-order chi connectivity index (χ1) is 10.9. The molecule has 0 bridgehead atoms. The molecule has 0 radical (unpaired) electrons. The zero-order valence-electron chi connectivity index (χ0n) is 13.3. The minimum absolute atomic E-state index is 0.142. The number of pyridine rings is 1. The lowest BCUT2D eigenvalue weighted by Gasteiger charge is -2.27. The van der Waals surface area contributed by atoms with Crippen LogP contribution in [0, 0.1) is 5.92 Å². The third-order valence-corrected chi connectivity index (χ3v) is 4.86. The SMILES string of the molecule is CC1CCc2nc(N3CCCC(F)(F)CC3)c(C(=O)O)cc2C1. The van der Waals surface area contributed by atoms with E-state index in [4.69, 9.17) is 0 Å². The second kappa shape index (κ2) is 6.06. The molecular formula is C17H22F2N2O2. The quantitative estimate of drug-likeness (QED) is 0.904. The number of hydrogen-bond acceptors (Lipinski definition) is 3. The van der Waals surface area contributed by atoms with Gasteiger partial charge in [-0.05, 0) is 43.2 Å². The number of rotatable bonds is 2. The summed E-state index contributed by atoms with van der Waals surface area (Å²) in [4.78, 5) is 17.9. The van der Waals surface area contributed by atoms with Gasteiger partial charge in [0.25, 0.3) is 0 Å². The molecule has 0 saturated carbocycles. The van der Waals surface area contributed by atoms with Crippen molar-refractivity contribution >= 4 is 11.8 Å². The molecule has 0 amide bonds. The maximum Gasteiger partial charge on any atom is 0.339 e. The molecule has 1 aliphatic carbocycles. The van der Waals surface area contributed by atoms with Crippen LogP contribution in [0.25, 0.3) is 0 Å². The summed E-state index contributed by atoms with van der Waals surface area (Å²) in [6.07, 6.45) is 2.65. The molecule has 2 heterocycles. The molecule has 1 N–H and O–H groups in total. The lowest BCUT2D eigenvalue weighted by molar-refractivity contribution is -0.0102. The van der Waals surface area contributed by atoms with E-state index in [0.29, 0.717) is 24.7 Å². The molecule has 1 aliphatic heterocycles. The largest absolute Gasteiger partial charge is 0.478 e. The predicted molar refractivity (Wildman–Crippen MR) is 83.4 cm³/mol. The van der Waals surface area contributed by atoms with Crippen molar-refractivity contribution in [3.8, 4) is 0 Å². The van der Waals surface area contributed by atoms with Crippen LogP contribution < -0.4 is 4.90 Å². The van der Waals surface area contributed by atoms with Crippen molar-refractivity contribution in [2.24, 2.45) is 5.92 Å². The summed E-state index contributed by atoms with van der Waals surface area (Å²) in [5, 5.41) is 9.52. The van der Waals surface area contributed by atoms with Gasteiger partial charge in [0.15, 0.2) is 0 Å². The van der Waals surface area contributed by atoms with Gasteiger partial charge in [0, 0.05) is 31.6 Å². The molecule has 1 atom stereocenters. The summed E-state index contributed by atoms with van der Waals surface area (Å²) < 4.78 is 27.1. The highest BCUT2D eigenvalue weighted by Crippen LogP contribution is 2.33. The third-order valence-electron chi connectivity index (χ3n) is 4.86. The van der Waals surface area contributed by atoms with Crippen molar-refractivity contribution in [3.05, 3.63) is 22.9 Å². The van der Waals surface area contributed by atoms with E-state index in [1.54, 1.807) is 11.0 Å². The number of aromatic carboxylic acids is 1. The van der Waals surface area contributed by atoms with Gasteiger partial charge in [0.2, 0.25) is 5.92 Å². The van der Waals surface area contributed by atoms with Crippen molar-refractivity contribution in [2.75, 3.05) is 18.0 Å². The Morgan fingerprint density at radius 2 is 2.17 bits per heavy atom. The molecule has 23 heavy (non-hydrogen) atoms. The van der Waals surface area contributed by atoms with Crippen LogP contribution >= 0.6 is 0 Å². The molecule has 4 nitrogen and oxygen atoms in total. The van der Waals surface area contributed by atoms with Gasteiger partial charge in [-0.2, -0.15) is 0 Å². The van der Waals surface area contributed by atoms with Crippen LogP contribution in [-0.2, 0) is 12.8 Å². The first-order valence-corrected chi connectivity index (χ1v) is 8.24. The zero-order chi connectivity index (χ0) is 16.6. The van der Waals surface area contributed by atoms with Crippen LogP contribution in [0.3, 0.4) is 0 Å². The Bertz CT molecular complexity index is 619. The Labute approximate surface area is 134 Å². The van der Waals surface area contributed by atoms with Gasteiger partial charge in [0.1, 0.15) is 11.4 Å². The van der Waals surface area contributed by atoms with Gasteiger partial charge in [-0.3, -0.25) is 0 Å². The van der Waals surface area contributed by atoms with Crippen molar-refractivity contribution in [3.63, 3.8) is 0 Å². The summed E-state index contributed by atoms with van der Waals surface area (Å²) in [7, 11) is 0. The molecule has 1 aromatic heterocycles. The van der Waals surface area contributed by atoms with Crippen molar-refractivity contribution in [1.82, 2.24) is 4.98 Å². The molecule has 1 unspecified atom stereocenters. The average Bonchev–Trinajstić information content (AvgIpc) is 2.66. The molecule has 3 rings (SSSR count). The number of anilines is 1. The highest BCUT2D eigenvalue weighted by Gasteiger charge is 2.33. The number of halogens is 2. The van der Waals surface area contributed by atoms with Crippen LogP contribution in [-0.4, -0.2) is 35.1 Å². The zero-order valence-corrected chi connectivity index (χ0v) is 13.3. The van der Waals surface area contributed by atoms with Gasteiger partial charge >= 0.3 is 5.97 Å². The Kier molecular flexibility index (Phi) is 4.25. The minimum atomic E-state index is -2.66. The van der Waals surface area contributed by atoms with Crippen LogP contribution in [0.4, 0.5) is 14.6 Å². The van der Waals surface area contributed by atoms with E-state index in [2.05, 4.69) is 11.9 Å². The Morgan fingerprint density at radius 3 is 2.91 bits per heavy atom. The molecule has 1 aromatic rings. The summed E-state index contributed by atoms with van der Waals surface area (Å²) in [5.74, 6) is -2.82. The van der Waals surface area contributed by atoms with Gasteiger partial charge in [-0.25, -0.2) is 18.6 Å². The monoisotopic (exact) mass is 324 g/mol. The number of carbonyl (C=O) groups is 1. The number of nitrogens with zero attached hydrogens (tertiary/aromatic N) is 2. The molecule has 126 valence electrons.